The van der Waals surface area contributed by atoms with Crippen molar-refractivity contribution >= 4 is 11.6 Å². The molecule has 0 atom stereocenters. The number of nitrogens with one attached hydrogen (secondary N) is 1. The molecule has 0 aliphatic carbocycles. The molecule has 1 aromatic heterocycles. The van der Waals surface area contributed by atoms with Crippen LogP contribution >= 0.6 is 0 Å². The Labute approximate surface area is 165 Å². The predicted octanol–water partition coefficient (Wildman–Crippen LogP) is 5.57. The lowest BCUT2D eigenvalue weighted by molar-refractivity contribution is 0.102. The SMILES string of the molecule is COc1ccccc1Oc1ccc(NC(=O)c2ccc(C(C)C)nc2C)cc1. The summed E-state index contributed by atoms with van der Waals surface area (Å²) in [4.78, 5) is 17.1. The molecule has 0 fully saturated rings. The molecule has 3 aromatic rings. The zero-order valence-electron chi connectivity index (χ0n) is 16.5. The fourth-order valence-electron chi connectivity index (χ4n) is 2.78. The van der Waals surface area contributed by atoms with Gasteiger partial charge in [-0.1, -0.05) is 26.0 Å². The first-order valence-corrected chi connectivity index (χ1v) is 9.17. The highest BCUT2D eigenvalue weighted by Gasteiger charge is 2.12. The summed E-state index contributed by atoms with van der Waals surface area (Å²) in [5.41, 5.74) is 2.95. The summed E-state index contributed by atoms with van der Waals surface area (Å²) in [6.07, 6.45) is 0. The number of hydrogen-bond donors (Lipinski definition) is 1. The highest BCUT2D eigenvalue weighted by molar-refractivity contribution is 6.05. The number of carbonyl (C=O) groups excluding carboxylic acids is 1. The van der Waals surface area contributed by atoms with Gasteiger partial charge in [0.25, 0.3) is 5.91 Å². The fraction of sp³-hybridized carbons (Fsp3) is 0.217. The van der Waals surface area contributed by atoms with Crippen molar-refractivity contribution in [3.8, 4) is 17.2 Å². The van der Waals surface area contributed by atoms with Gasteiger partial charge in [-0.2, -0.15) is 0 Å². The summed E-state index contributed by atoms with van der Waals surface area (Å²) < 4.78 is 11.1. The van der Waals surface area contributed by atoms with Crippen LogP contribution in [0.15, 0.2) is 60.7 Å². The van der Waals surface area contributed by atoms with Crippen LogP contribution in [0.4, 0.5) is 5.69 Å². The number of pyridine rings is 1. The number of aromatic nitrogens is 1. The number of ether oxygens (including phenoxy) is 2. The van der Waals surface area contributed by atoms with Crippen molar-refractivity contribution in [3.05, 3.63) is 77.6 Å². The van der Waals surface area contributed by atoms with Crippen molar-refractivity contribution in [2.24, 2.45) is 0 Å². The summed E-state index contributed by atoms with van der Waals surface area (Å²) in [7, 11) is 1.60. The molecule has 0 saturated heterocycles. The van der Waals surface area contributed by atoms with Crippen molar-refractivity contribution in [2.45, 2.75) is 26.7 Å². The molecule has 0 aliphatic rings. The van der Waals surface area contributed by atoms with Crippen molar-refractivity contribution in [2.75, 3.05) is 12.4 Å². The average molecular weight is 376 g/mol. The number of methoxy groups -OCH3 is 1. The Morgan fingerprint density at radius 1 is 0.964 bits per heavy atom. The smallest absolute Gasteiger partial charge is 0.257 e. The fourth-order valence-corrected chi connectivity index (χ4v) is 2.78. The molecule has 0 bridgehead atoms. The van der Waals surface area contributed by atoms with Gasteiger partial charge in [-0.15, -0.1) is 0 Å². The van der Waals surface area contributed by atoms with Crippen LogP contribution in [0.1, 0.15) is 41.5 Å². The van der Waals surface area contributed by atoms with Crippen LogP contribution in [0.3, 0.4) is 0 Å². The summed E-state index contributed by atoms with van der Waals surface area (Å²) in [5.74, 6) is 2.09. The first-order chi connectivity index (χ1) is 13.5. The molecule has 3 rings (SSSR count). The van der Waals surface area contributed by atoms with E-state index in [2.05, 4.69) is 24.1 Å². The van der Waals surface area contributed by atoms with Crippen LogP contribution < -0.4 is 14.8 Å². The first-order valence-electron chi connectivity index (χ1n) is 9.17. The third-order valence-corrected chi connectivity index (χ3v) is 4.35. The van der Waals surface area contributed by atoms with Gasteiger partial charge in [0, 0.05) is 11.4 Å². The molecular weight excluding hydrogens is 352 g/mol. The quantitative estimate of drug-likeness (QED) is 0.611. The van der Waals surface area contributed by atoms with Crippen molar-refractivity contribution < 1.29 is 14.3 Å². The molecule has 5 nitrogen and oxygen atoms in total. The number of hydrogen-bond acceptors (Lipinski definition) is 4. The predicted molar refractivity (Wildman–Crippen MR) is 111 cm³/mol. The van der Waals surface area contributed by atoms with Gasteiger partial charge in [-0.05, 0) is 61.4 Å². The minimum atomic E-state index is -0.182. The topological polar surface area (TPSA) is 60.5 Å². The first kappa shape index (κ1) is 19.4. The maximum atomic E-state index is 12.6. The number of rotatable bonds is 6. The Balaban J connectivity index is 1.69. The highest BCUT2D eigenvalue weighted by atomic mass is 16.5. The third-order valence-electron chi connectivity index (χ3n) is 4.35. The third kappa shape index (κ3) is 4.49. The second kappa shape index (κ2) is 8.57. The van der Waals surface area contributed by atoms with E-state index in [1.165, 1.54) is 0 Å². The van der Waals surface area contributed by atoms with Crippen LogP contribution in [0, 0.1) is 6.92 Å². The second-order valence-corrected chi connectivity index (χ2v) is 6.76. The van der Waals surface area contributed by atoms with Crippen molar-refractivity contribution in [1.29, 1.82) is 0 Å². The Morgan fingerprint density at radius 3 is 2.25 bits per heavy atom. The summed E-state index contributed by atoms with van der Waals surface area (Å²) in [5, 5.41) is 2.90. The van der Waals surface area contributed by atoms with E-state index in [0.29, 0.717) is 34.4 Å². The molecule has 1 heterocycles. The molecule has 0 unspecified atom stereocenters. The van der Waals surface area contributed by atoms with Crippen LogP contribution in [-0.2, 0) is 0 Å². The van der Waals surface area contributed by atoms with Gasteiger partial charge in [-0.3, -0.25) is 9.78 Å². The maximum Gasteiger partial charge on any atom is 0.257 e. The van der Waals surface area contributed by atoms with Crippen LogP contribution in [-0.4, -0.2) is 18.0 Å². The largest absolute Gasteiger partial charge is 0.493 e. The minimum absolute atomic E-state index is 0.182. The lowest BCUT2D eigenvalue weighted by atomic mass is 10.1. The summed E-state index contributed by atoms with van der Waals surface area (Å²) in [6, 6.07) is 18.4. The molecule has 5 heteroatoms. The molecular formula is C23H24N2O3. The van der Waals surface area contributed by atoms with E-state index >= 15 is 0 Å². The van der Waals surface area contributed by atoms with Gasteiger partial charge < -0.3 is 14.8 Å². The number of carbonyl (C=O) groups is 1. The van der Waals surface area contributed by atoms with E-state index in [-0.39, 0.29) is 5.91 Å². The van der Waals surface area contributed by atoms with Crippen LogP contribution in [0.2, 0.25) is 0 Å². The number of amides is 1. The Kier molecular flexibility index (Phi) is 5.94. The Bertz CT molecular complexity index is 966. The second-order valence-electron chi connectivity index (χ2n) is 6.76. The van der Waals surface area contributed by atoms with Gasteiger partial charge in [0.15, 0.2) is 11.5 Å². The number of anilines is 1. The van der Waals surface area contributed by atoms with Crippen molar-refractivity contribution in [3.63, 3.8) is 0 Å². The number of para-hydroxylation sites is 2. The molecule has 1 amide bonds. The van der Waals surface area contributed by atoms with Gasteiger partial charge in [0.2, 0.25) is 0 Å². The van der Waals surface area contributed by atoms with E-state index < -0.39 is 0 Å². The molecule has 0 radical (unpaired) electrons. The molecule has 0 aliphatic heterocycles. The van der Waals surface area contributed by atoms with Crippen LogP contribution in [0.5, 0.6) is 17.2 Å². The molecule has 2 aromatic carbocycles. The van der Waals surface area contributed by atoms with Crippen LogP contribution in [0.25, 0.3) is 0 Å². The molecule has 144 valence electrons. The summed E-state index contributed by atoms with van der Waals surface area (Å²) in [6.45, 7) is 6.01. The van der Waals surface area contributed by atoms with Crippen molar-refractivity contribution in [1.82, 2.24) is 4.98 Å². The Morgan fingerprint density at radius 2 is 1.64 bits per heavy atom. The Hall–Kier alpha value is -3.34. The molecule has 0 saturated carbocycles. The lowest BCUT2D eigenvalue weighted by Gasteiger charge is -2.12. The lowest BCUT2D eigenvalue weighted by Crippen LogP contribution is -2.14. The summed E-state index contributed by atoms with van der Waals surface area (Å²) >= 11 is 0. The zero-order chi connectivity index (χ0) is 20.1. The number of nitrogens with zero attached hydrogens (tertiary/aromatic N) is 1. The highest BCUT2D eigenvalue weighted by Crippen LogP contribution is 2.31. The monoisotopic (exact) mass is 376 g/mol. The van der Waals surface area contributed by atoms with Gasteiger partial charge >= 0.3 is 0 Å². The van der Waals surface area contributed by atoms with E-state index in [1.54, 1.807) is 31.4 Å². The van der Waals surface area contributed by atoms with Gasteiger partial charge in [-0.25, -0.2) is 0 Å². The molecule has 0 spiro atoms. The maximum absolute atomic E-state index is 12.6. The minimum Gasteiger partial charge on any atom is -0.493 e. The van der Waals surface area contributed by atoms with Gasteiger partial charge in [0.1, 0.15) is 5.75 Å². The van der Waals surface area contributed by atoms with Gasteiger partial charge in [0.05, 0.1) is 18.4 Å². The molecule has 28 heavy (non-hydrogen) atoms. The standard InChI is InChI=1S/C23H24N2O3/c1-15(2)20-14-13-19(16(3)24-20)23(26)25-17-9-11-18(12-10-17)28-22-8-6-5-7-21(22)27-4/h5-15H,1-4H3,(H,25,26). The molecule has 1 N–H and O–H groups in total. The average Bonchev–Trinajstić information content (AvgIpc) is 2.69. The number of aryl methyl sites for hydroxylation is 1. The van der Waals surface area contributed by atoms with E-state index in [0.717, 1.165) is 11.4 Å². The van der Waals surface area contributed by atoms with E-state index in [4.69, 9.17) is 9.47 Å². The van der Waals surface area contributed by atoms with E-state index in [1.807, 2.05) is 43.3 Å². The normalized spacial score (nSPS) is 10.6. The zero-order valence-corrected chi connectivity index (χ0v) is 16.5. The number of benzene rings is 2. The van der Waals surface area contributed by atoms with E-state index in [9.17, 15) is 4.79 Å².